The summed E-state index contributed by atoms with van der Waals surface area (Å²) in [7, 11) is 0. The summed E-state index contributed by atoms with van der Waals surface area (Å²) in [5.74, 6) is -1.68. The summed E-state index contributed by atoms with van der Waals surface area (Å²) in [6.45, 7) is -0.229. The third-order valence-electron chi connectivity index (χ3n) is 4.43. The minimum absolute atomic E-state index is 0.143. The van der Waals surface area contributed by atoms with Crippen molar-refractivity contribution in [2.45, 2.75) is 30.3 Å². The first-order valence-electron chi connectivity index (χ1n) is 6.85. The highest BCUT2D eigenvalue weighted by Gasteiger charge is 2.56. The van der Waals surface area contributed by atoms with Gasteiger partial charge in [-0.1, -0.05) is 23.7 Å². The van der Waals surface area contributed by atoms with Crippen LogP contribution in [0.25, 0.3) is 0 Å². The maximum atomic E-state index is 14.1. The number of hydrogen-bond acceptors (Lipinski definition) is 2. The molecule has 112 valence electrons. The molecule has 4 nitrogen and oxygen atoms in total. The van der Waals surface area contributed by atoms with Crippen molar-refractivity contribution in [1.82, 2.24) is 4.90 Å². The number of hydrogen-bond donors (Lipinski definition) is 1. The lowest BCUT2D eigenvalue weighted by molar-refractivity contribution is -0.150. The molecule has 1 aromatic carbocycles. The molecule has 0 spiro atoms. The number of carboxylic acid groups (broad SMARTS) is 1. The number of rotatable bonds is 3. The number of carbonyl (C=O) groups excluding carboxylic acids is 1. The number of amides is 1. The lowest BCUT2D eigenvalue weighted by Gasteiger charge is -2.24. The molecule has 1 atom stereocenters. The Balaban J connectivity index is 1.82. The van der Waals surface area contributed by atoms with E-state index in [0.717, 1.165) is 5.56 Å². The highest BCUT2D eigenvalue weighted by atomic mass is 35.5. The molecule has 1 N–H and O–H groups in total. The second kappa shape index (κ2) is 4.70. The van der Waals surface area contributed by atoms with Gasteiger partial charge >= 0.3 is 5.97 Å². The topological polar surface area (TPSA) is 57.6 Å². The van der Waals surface area contributed by atoms with Gasteiger partial charge in [-0.05, 0) is 30.5 Å². The van der Waals surface area contributed by atoms with Crippen LogP contribution in [-0.4, -0.2) is 40.6 Å². The van der Waals surface area contributed by atoms with E-state index in [9.17, 15) is 14.0 Å². The Morgan fingerprint density at radius 2 is 2.00 bits per heavy atom. The maximum absolute atomic E-state index is 14.1. The number of benzene rings is 1. The zero-order valence-electron chi connectivity index (χ0n) is 11.3. The average Bonchev–Trinajstić information content (AvgIpc) is 3.15. The lowest BCUT2D eigenvalue weighted by atomic mass is 9.94. The van der Waals surface area contributed by atoms with Crippen LogP contribution in [0.5, 0.6) is 0 Å². The predicted molar refractivity (Wildman–Crippen MR) is 75.0 cm³/mol. The fourth-order valence-electron chi connectivity index (χ4n) is 2.96. The van der Waals surface area contributed by atoms with E-state index in [1.54, 1.807) is 18.2 Å². The summed E-state index contributed by atoms with van der Waals surface area (Å²) in [6.07, 6.45) is 1.23. The van der Waals surface area contributed by atoms with Crippen LogP contribution in [0.15, 0.2) is 24.3 Å². The summed E-state index contributed by atoms with van der Waals surface area (Å²) < 4.78 is 14.1. The van der Waals surface area contributed by atoms with E-state index in [0.29, 0.717) is 17.9 Å². The minimum atomic E-state index is -2.32. The van der Waals surface area contributed by atoms with Crippen molar-refractivity contribution in [3.63, 3.8) is 0 Å². The standard InChI is InChI=1S/C15H15ClFNO3/c16-11-3-1-2-10(8-11)14(4-5-14)12(19)18-7-6-15(17,9-18)13(20)21/h1-3,8H,4-7,9H2,(H,20,21). The molecule has 0 radical (unpaired) electrons. The van der Waals surface area contributed by atoms with Crippen molar-refractivity contribution in [1.29, 1.82) is 0 Å². The molecular weight excluding hydrogens is 297 g/mol. The Labute approximate surface area is 126 Å². The molecule has 1 saturated heterocycles. The van der Waals surface area contributed by atoms with E-state index in [-0.39, 0.29) is 25.4 Å². The molecule has 1 saturated carbocycles. The van der Waals surface area contributed by atoms with E-state index in [1.807, 2.05) is 6.07 Å². The van der Waals surface area contributed by atoms with Crippen molar-refractivity contribution in [2.75, 3.05) is 13.1 Å². The van der Waals surface area contributed by atoms with Crippen molar-refractivity contribution in [2.24, 2.45) is 0 Å². The first-order valence-corrected chi connectivity index (χ1v) is 7.23. The minimum Gasteiger partial charge on any atom is -0.479 e. The third kappa shape index (κ3) is 2.29. The molecule has 1 aliphatic carbocycles. The molecule has 2 fully saturated rings. The summed E-state index contributed by atoms with van der Waals surface area (Å²) in [5, 5.41) is 9.47. The SMILES string of the molecule is O=C(O)C1(F)CCN(C(=O)C2(c3cccc(Cl)c3)CC2)C1. The second-order valence-electron chi connectivity index (χ2n) is 5.84. The molecule has 1 aliphatic heterocycles. The summed E-state index contributed by atoms with van der Waals surface area (Å²) in [4.78, 5) is 25.0. The number of nitrogens with zero attached hydrogens (tertiary/aromatic N) is 1. The van der Waals surface area contributed by atoms with Gasteiger partial charge in [-0.15, -0.1) is 0 Å². The van der Waals surface area contributed by atoms with Gasteiger partial charge in [0.25, 0.3) is 0 Å². The first-order chi connectivity index (χ1) is 9.87. The summed E-state index contributed by atoms with van der Waals surface area (Å²) in [6, 6.07) is 7.11. The van der Waals surface area contributed by atoms with Gasteiger partial charge in [0.2, 0.25) is 11.6 Å². The molecule has 1 heterocycles. The summed E-state index contributed by atoms with van der Waals surface area (Å²) >= 11 is 5.97. The largest absolute Gasteiger partial charge is 0.479 e. The molecule has 1 amide bonds. The molecule has 1 aromatic rings. The number of halogens is 2. The molecule has 2 aliphatic rings. The Kier molecular flexibility index (Phi) is 3.20. The Morgan fingerprint density at radius 1 is 1.29 bits per heavy atom. The number of carboxylic acids is 1. The number of alkyl halides is 1. The van der Waals surface area contributed by atoms with E-state index in [2.05, 4.69) is 0 Å². The van der Waals surface area contributed by atoms with Crippen molar-refractivity contribution in [3.05, 3.63) is 34.9 Å². The van der Waals surface area contributed by atoms with Gasteiger partial charge in [0.1, 0.15) is 0 Å². The molecule has 1 unspecified atom stereocenters. The van der Waals surface area contributed by atoms with Crippen LogP contribution in [-0.2, 0) is 15.0 Å². The third-order valence-corrected chi connectivity index (χ3v) is 4.66. The Bertz CT molecular complexity index is 617. The average molecular weight is 312 g/mol. The van der Waals surface area contributed by atoms with Gasteiger partial charge in [-0.25, -0.2) is 9.18 Å². The Hall–Kier alpha value is -1.62. The highest BCUT2D eigenvalue weighted by Crippen LogP contribution is 2.50. The van der Waals surface area contributed by atoms with Crippen molar-refractivity contribution >= 4 is 23.5 Å². The lowest BCUT2D eigenvalue weighted by Crippen LogP contribution is -2.42. The number of aliphatic carboxylic acids is 1. The summed E-state index contributed by atoms with van der Waals surface area (Å²) in [5.41, 5.74) is -2.14. The smallest absolute Gasteiger partial charge is 0.343 e. The van der Waals surface area contributed by atoms with Crippen LogP contribution in [0.2, 0.25) is 5.02 Å². The molecular formula is C15H15ClFNO3. The maximum Gasteiger partial charge on any atom is 0.343 e. The van der Waals surface area contributed by atoms with Gasteiger partial charge in [0, 0.05) is 18.0 Å². The molecule has 0 bridgehead atoms. The predicted octanol–water partition coefficient (Wildman–Crippen LogP) is 2.40. The fraction of sp³-hybridized carbons (Fsp3) is 0.467. The normalized spacial score (nSPS) is 26.7. The highest BCUT2D eigenvalue weighted by molar-refractivity contribution is 6.30. The van der Waals surface area contributed by atoms with E-state index >= 15 is 0 Å². The van der Waals surface area contributed by atoms with Crippen molar-refractivity contribution < 1.29 is 19.1 Å². The Morgan fingerprint density at radius 3 is 2.52 bits per heavy atom. The monoisotopic (exact) mass is 311 g/mol. The van der Waals surface area contributed by atoms with Gasteiger partial charge < -0.3 is 10.0 Å². The van der Waals surface area contributed by atoms with Crippen LogP contribution >= 0.6 is 11.6 Å². The van der Waals surface area contributed by atoms with Crippen LogP contribution < -0.4 is 0 Å². The van der Waals surface area contributed by atoms with Gasteiger partial charge in [-0.2, -0.15) is 0 Å². The van der Waals surface area contributed by atoms with E-state index < -0.39 is 17.1 Å². The molecule has 0 aromatic heterocycles. The first kappa shape index (κ1) is 14.3. The quantitative estimate of drug-likeness (QED) is 0.932. The molecule has 6 heteroatoms. The van der Waals surface area contributed by atoms with Gasteiger partial charge in [0.15, 0.2) is 0 Å². The number of likely N-dealkylation sites (tertiary alicyclic amines) is 1. The zero-order valence-corrected chi connectivity index (χ0v) is 12.1. The van der Waals surface area contributed by atoms with Crippen LogP contribution in [0.3, 0.4) is 0 Å². The van der Waals surface area contributed by atoms with Gasteiger partial charge in [-0.3, -0.25) is 4.79 Å². The number of carbonyl (C=O) groups is 2. The fourth-order valence-corrected chi connectivity index (χ4v) is 3.15. The molecule has 21 heavy (non-hydrogen) atoms. The second-order valence-corrected chi connectivity index (χ2v) is 6.28. The van der Waals surface area contributed by atoms with E-state index in [1.165, 1.54) is 4.90 Å². The van der Waals surface area contributed by atoms with Crippen LogP contribution in [0.4, 0.5) is 4.39 Å². The van der Waals surface area contributed by atoms with Crippen molar-refractivity contribution in [3.8, 4) is 0 Å². The zero-order chi connectivity index (χ0) is 15.3. The van der Waals surface area contributed by atoms with Gasteiger partial charge in [0.05, 0.1) is 12.0 Å². The van der Waals surface area contributed by atoms with Crippen LogP contribution in [0.1, 0.15) is 24.8 Å². The molecule has 3 rings (SSSR count). The van der Waals surface area contributed by atoms with Crippen LogP contribution in [0, 0.1) is 0 Å². The van der Waals surface area contributed by atoms with E-state index in [4.69, 9.17) is 16.7 Å².